The lowest BCUT2D eigenvalue weighted by Gasteiger charge is -2.11. The molecule has 0 N–H and O–H groups in total. The Kier molecular flexibility index (Phi) is 7.02. The van der Waals surface area contributed by atoms with Crippen molar-refractivity contribution in [3.05, 3.63) is 72.6 Å². The van der Waals surface area contributed by atoms with Gasteiger partial charge < -0.3 is 9.30 Å². The topological polar surface area (TPSA) is 27.1 Å². The maximum atomic E-state index is 6.16. The van der Waals surface area contributed by atoms with E-state index >= 15 is 0 Å². The van der Waals surface area contributed by atoms with Crippen molar-refractivity contribution >= 4 is 21.8 Å². The summed E-state index contributed by atoms with van der Waals surface area (Å²) in [6.07, 6.45) is 9.20. The van der Waals surface area contributed by atoms with Crippen molar-refractivity contribution in [2.24, 2.45) is 0 Å². The third-order valence-corrected chi connectivity index (χ3v) is 5.81. The number of para-hydroxylation sites is 2. The van der Waals surface area contributed by atoms with Gasteiger partial charge in [-0.05, 0) is 41.5 Å². The van der Waals surface area contributed by atoms with Crippen molar-refractivity contribution in [2.45, 2.75) is 65.0 Å². The van der Waals surface area contributed by atoms with Crippen molar-refractivity contribution in [3.8, 4) is 5.75 Å². The molecular weight excluding hydrogens is 368 g/mol. The Labute approximate surface area is 179 Å². The first kappa shape index (κ1) is 20.5. The van der Waals surface area contributed by atoms with Crippen LogP contribution in [-0.2, 0) is 13.2 Å². The number of nitrogens with zero attached hydrogens (tertiary/aromatic N) is 2. The van der Waals surface area contributed by atoms with Crippen molar-refractivity contribution in [3.63, 3.8) is 0 Å². The lowest BCUT2D eigenvalue weighted by atomic mass is 10.1. The smallest absolute Gasteiger partial charge is 0.147 e. The molecular formula is C27H32N2O. The van der Waals surface area contributed by atoms with Crippen LogP contribution in [0.2, 0.25) is 0 Å². The fourth-order valence-electron chi connectivity index (χ4n) is 4.12. The first-order valence-corrected chi connectivity index (χ1v) is 11.4. The number of fused-ring (bicyclic) bond motifs is 2. The Morgan fingerprint density at radius 1 is 0.767 bits per heavy atom. The largest absolute Gasteiger partial charge is 0.486 e. The highest BCUT2D eigenvalue weighted by Gasteiger charge is 2.11. The molecule has 0 amide bonds. The van der Waals surface area contributed by atoms with Gasteiger partial charge in [0.15, 0.2) is 0 Å². The number of hydrogen-bond donors (Lipinski definition) is 0. The molecule has 0 radical (unpaired) electrons. The van der Waals surface area contributed by atoms with Gasteiger partial charge >= 0.3 is 0 Å². The summed E-state index contributed by atoms with van der Waals surface area (Å²) in [4.78, 5) is 4.87. The molecule has 0 saturated heterocycles. The summed E-state index contributed by atoms with van der Waals surface area (Å²) in [7, 11) is 0. The van der Waals surface area contributed by atoms with Gasteiger partial charge in [-0.2, -0.15) is 0 Å². The zero-order valence-electron chi connectivity index (χ0n) is 18.0. The highest BCUT2D eigenvalue weighted by molar-refractivity contribution is 5.83. The van der Waals surface area contributed by atoms with Crippen molar-refractivity contribution in [1.29, 1.82) is 0 Å². The van der Waals surface area contributed by atoms with E-state index in [1.165, 1.54) is 61.2 Å². The predicted molar refractivity (Wildman–Crippen MR) is 126 cm³/mol. The molecule has 0 saturated carbocycles. The number of unbranched alkanes of at least 4 members (excludes halogenated alkanes) is 6. The molecule has 0 spiro atoms. The molecule has 0 atom stereocenters. The lowest BCUT2D eigenvalue weighted by molar-refractivity contribution is 0.290. The van der Waals surface area contributed by atoms with E-state index in [4.69, 9.17) is 9.72 Å². The van der Waals surface area contributed by atoms with Crippen molar-refractivity contribution < 1.29 is 4.74 Å². The Morgan fingerprint density at radius 2 is 1.50 bits per heavy atom. The Bertz CT molecular complexity index is 1080. The summed E-state index contributed by atoms with van der Waals surface area (Å²) in [5.74, 6) is 1.90. The highest BCUT2D eigenvalue weighted by atomic mass is 16.5. The second kappa shape index (κ2) is 10.3. The molecule has 0 aliphatic rings. The van der Waals surface area contributed by atoms with Crippen LogP contribution in [0.15, 0.2) is 66.7 Å². The van der Waals surface area contributed by atoms with Crippen LogP contribution in [0, 0.1) is 0 Å². The summed E-state index contributed by atoms with van der Waals surface area (Å²) in [5.41, 5.74) is 2.26. The molecule has 3 aromatic carbocycles. The number of hydrogen-bond acceptors (Lipinski definition) is 2. The van der Waals surface area contributed by atoms with Gasteiger partial charge in [0.2, 0.25) is 0 Å². The summed E-state index contributed by atoms with van der Waals surface area (Å²) in [6.45, 7) is 3.76. The van der Waals surface area contributed by atoms with Crippen LogP contribution in [-0.4, -0.2) is 9.55 Å². The average molecular weight is 401 g/mol. The van der Waals surface area contributed by atoms with Gasteiger partial charge in [-0.15, -0.1) is 0 Å². The minimum atomic E-state index is 0.490. The van der Waals surface area contributed by atoms with Gasteiger partial charge in [0.1, 0.15) is 18.2 Å². The third-order valence-electron chi connectivity index (χ3n) is 5.81. The minimum Gasteiger partial charge on any atom is -0.486 e. The van der Waals surface area contributed by atoms with Crippen LogP contribution in [0.25, 0.3) is 21.8 Å². The molecule has 1 heterocycles. The fourth-order valence-corrected chi connectivity index (χ4v) is 4.12. The molecule has 30 heavy (non-hydrogen) atoms. The molecule has 3 heteroatoms. The zero-order valence-corrected chi connectivity index (χ0v) is 18.0. The summed E-state index contributed by atoms with van der Waals surface area (Å²) in [5, 5.41) is 2.43. The van der Waals surface area contributed by atoms with E-state index in [-0.39, 0.29) is 0 Å². The Balaban J connectivity index is 1.42. The Morgan fingerprint density at radius 3 is 2.37 bits per heavy atom. The van der Waals surface area contributed by atoms with Crippen LogP contribution in [0.4, 0.5) is 0 Å². The van der Waals surface area contributed by atoms with E-state index < -0.39 is 0 Å². The van der Waals surface area contributed by atoms with Gasteiger partial charge in [0.05, 0.1) is 11.0 Å². The van der Waals surface area contributed by atoms with E-state index in [9.17, 15) is 0 Å². The van der Waals surface area contributed by atoms with Crippen molar-refractivity contribution in [1.82, 2.24) is 9.55 Å². The summed E-state index contributed by atoms with van der Waals surface area (Å²) < 4.78 is 8.51. The molecule has 1 aromatic heterocycles. The van der Waals surface area contributed by atoms with Crippen molar-refractivity contribution in [2.75, 3.05) is 0 Å². The molecule has 0 aliphatic carbocycles. The fraction of sp³-hybridized carbons (Fsp3) is 0.370. The third kappa shape index (κ3) is 5.02. The number of aryl methyl sites for hydroxylation is 1. The molecule has 156 valence electrons. The molecule has 0 bridgehead atoms. The van der Waals surface area contributed by atoms with Crippen LogP contribution < -0.4 is 4.74 Å². The lowest BCUT2D eigenvalue weighted by Crippen LogP contribution is -2.07. The van der Waals surface area contributed by atoms with Crippen LogP contribution in [0.1, 0.15) is 57.7 Å². The summed E-state index contributed by atoms with van der Waals surface area (Å²) >= 11 is 0. The van der Waals surface area contributed by atoms with E-state index in [0.717, 1.165) is 23.6 Å². The quantitative estimate of drug-likeness (QED) is 0.243. The van der Waals surface area contributed by atoms with E-state index in [1.807, 2.05) is 6.07 Å². The monoisotopic (exact) mass is 400 g/mol. The highest BCUT2D eigenvalue weighted by Crippen LogP contribution is 2.23. The number of aromatic nitrogens is 2. The van der Waals surface area contributed by atoms with Gasteiger partial charge in [-0.25, -0.2) is 4.98 Å². The van der Waals surface area contributed by atoms with E-state index in [0.29, 0.717) is 6.61 Å². The van der Waals surface area contributed by atoms with Gasteiger partial charge in [0, 0.05) is 6.54 Å². The molecule has 4 aromatic rings. The maximum Gasteiger partial charge on any atom is 0.147 e. The normalized spacial score (nSPS) is 11.4. The summed E-state index contributed by atoms with van der Waals surface area (Å²) in [6, 6.07) is 23.1. The molecule has 0 fully saturated rings. The zero-order chi connectivity index (χ0) is 20.6. The van der Waals surface area contributed by atoms with Gasteiger partial charge in [0.25, 0.3) is 0 Å². The minimum absolute atomic E-state index is 0.490. The molecule has 0 aliphatic heterocycles. The first-order valence-electron chi connectivity index (χ1n) is 11.4. The van der Waals surface area contributed by atoms with E-state index in [2.05, 4.69) is 72.2 Å². The number of benzene rings is 3. The van der Waals surface area contributed by atoms with Crippen LogP contribution in [0.3, 0.4) is 0 Å². The maximum absolute atomic E-state index is 6.16. The second-order valence-electron chi connectivity index (χ2n) is 8.09. The van der Waals surface area contributed by atoms with E-state index in [1.54, 1.807) is 0 Å². The molecule has 0 unspecified atom stereocenters. The predicted octanol–water partition coefficient (Wildman–Crippen LogP) is 7.52. The average Bonchev–Trinajstić information content (AvgIpc) is 3.14. The standard InChI is InChI=1S/C27H32N2O/c1-2-3-4-5-6-7-12-19-29-26-16-11-10-15-25(26)28-27(29)21-30-24-18-17-22-13-8-9-14-23(22)20-24/h8-11,13-18,20H,2-7,12,19,21H2,1H3. The molecule has 3 nitrogen and oxygen atoms in total. The number of imidazole rings is 1. The first-order chi connectivity index (χ1) is 14.8. The SMILES string of the molecule is CCCCCCCCCn1c(COc2ccc3ccccc3c2)nc2ccccc21. The van der Waals surface area contributed by atoms with Gasteiger partial charge in [-0.1, -0.05) is 87.9 Å². The van der Waals surface area contributed by atoms with Crippen LogP contribution in [0.5, 0.6) is 5.75 Å². The van der Waals surface area contributed by atoms with Gasteiger partial charge in [-0.3, -0.25) is 0 Å². The molecule has 4 rings (SSSR count). The second-order valence-corrected chi connectivity index (χ2v) is 8.09. The van der Waals surface area contributed by atoms with Crippen LogP contribution >= 0.6 is 0 Å². The number of rotatable bonds is 11. The Hall–Kier alpha value is -2.81. The number of ether oxygens (including phenoxy) is 1.